The summed E-state index contributed by atoms with van der Waals surface area (Å²) in [6.45, 7) is 4.30. The second kappa shape index (κ2) is 8.10. The number of hydrogen-bond acceptors (Lipinski definition) is 5. The Morgan fingerprint density at radius 1 is 1.36 bits per heavy atom. The van der Waals surface area contributed by atoms with E-state index in [1.807, 2.05) is 19.9 Å². The number of aromatic amines is 1. The standard InChI is InChI=1S/C20H26N4O4/c1-13(2)6-8-20(19(27)28)12-24(10-7-17(20)25)18(26)16-11-15(22-23-16)14-5-3-4-9-21-14/h3-5,9,11,13,17,25H,6-8,10,12H2,1-2H3,(H,22,23)(H,27,28)/t17-,20-/m1/s1. The molecule has 2 aromatic heterocycles. The number of carbonyl (C=O) groups is 2. The van der Waals surface area contributed by atoms with E-state index in [0.717, 1.165) is 0 Å². The van der Waals surface area contributed by atoms with E-state index in [1.54, 1.807) is 24.4 Å². The fourth-order valence-electron chi connectivity index (χ4n) is 3.61. The quantitative estimate of drug-likeness (QED) is 0.700. The van der Waals surface area contributed by atoms with Crippen LogP contribution in [0.5, 0.6) is 0 Å². The van der Waals surface area contributed by atoms with E-state index in [4.69, 9.17) is 0 Å². The van der Waals surface area contributed by atoms with Gasteiger partial charge in [-0.2, -0.15) is 5.10 Å². The lowest BCUT2D eigenvalue weighted by Gasteiger charge is -2.43. The topological polar surface area (TPSA) is 119 Å². The van der Waals surface area contributed by atoms with E-state index in [9.17, 15) is 19.8 Å². The van der Waals surface area contributed by atoms with Crippen molar-refractivity contribution in [3.05, 3.63) is 36.2 Å². The third kappa shape index (κ3) is 3.91. The van der Waals surface area contributed by atoms with Crippen LogP contribution in [0, 0.1) is 11.3 Å². The summed E-state index contributed by atoms with van der Waals surface area (Å²) in [5, 5.41) is 27.2. The number of nitrogens with zero attached hydrogens (tertiary/aromatic N) is 3. The Kier molecular flexibility index (Phi) is 5.79. The molecule has 1 amide bonds. The van der Waals surface area contributed by atoms with E-state index in [1.165, 1.54) is 4.90 Å². The summed E-state index contributed by atoms with van der Waals surface area (Å²) in [5.41, 5.74) is 0.122. The van der Waals surface area contributed by atoms with Crippen LogP contribution in [0.1, 0.15) is 43.6 Å². The van der Waals surface area contributed by atoms with Crippen molar-refractivity contribution in [2.24, 2.45) is 11.3 Å². The van der Waals surface area contributed by atoms with E-state index in [0.29, 0.717) is 36.7 Å². The molecule has 2 atom stereocenters. The van der Waals surface area contributed by atoms with Crippen molar-refractivity contribution < 1.29 is 19.8 Å². The Morgan fingerprint density at radius 2 is 2.14 bits per heavy atom. The number of aliphatic hydroxyl groups is 1. The maximum Gasteiger partial charge on any atom is 0.314 e. The molecular weight excluding hydrogens is 360 g/mol. The van der Waals surface area contributed by atoms with Crippen LogP contribution in [0.3, 0.4) is 0 Å². The van der Waals surface area contributed by atoms with Gasteiger partial charge in [0.25, 0.3) is 5.91 Å². The predicted molar refractivity (Wildman–Crippen MR) is 102 cm³/mol. The van der Waals surface area contributed by atoms with Crippen LogP contribution in [0.2, 0.25) is 0 Å². The lowest BCUT2D eigenvalue weighted by molar-refractivity contribution is -0.163. The Bertz CT molecular complexity index is 836. The van der Waals surface area contributed by atoms with E-state index >= 15 is 0 Å². The van der Waals surface area contributed by atoms with Gasteiger partial charge in [-0.15, -0.1) is 0 Å². The molecule has 2 aromatic rings. The third-order valence-corrected chi connectivity index (χ3v) is 5.40. The highest BCUT2D eigenvalue weighted by Gasteiger charge is 2.50. The second-order valence-corrected chi connectivity index (χ2v) is 7.81. The van der Waals surface area contributed by atoms with Crippen molar-refractivity contribution in [1.82, 2.24) is 20.1 Å². The largest absolute Gasteiger partial charge is 0.481 e. The average molecular weight is 386 g/mol. The first-order valence-electron chi connectivity index (χ1n) is 9.51. The number of carboxylic acid groups (broad SMARTS) is 1. The molecule has 3 N–H and O–H groups in total. The summed E-state index contributed by atoms with van der Waals surface area (Å²) in [5.74, 6) is -1.07. The van der Waals surface area contributed by atoms with Crippen LogP contribution in [0.4, 0.5) is 0 Å². The fraction of sp³-hybridized carbons (Fsp3) is 0.500. The van der Waals surface area contributed by atoms with Gasteiger partial charge < -0.3 is 15.1 Å². The molecule has 150 valence electrons. The number of pyridine rings is 1. The van der Waals surface area contributed by atoms with E-state index in [-0.39, 0.29) is 24.6 Å². The number of nitrogens with one attached hydrogen (secondary N) is 1. The molecule has 0 aliphatic carbocycles. The molecule has 28 heavy (non-hydrogen) atoms. The molecule has 1 aliphatic rings. The molecule has 0 spiro atoms. The van der Waals surface area contributed by atoms with Crippen molar-refractivity contribution in [2.45, 2.75) is 39.2 Å². The average Bonchev–Trinajstić information content (AvgIpc) is 3.17. The van der Waals surface area contributed by atoms with Gasteiger partial charge in [-0.25, -0.2) is 0 Å². The lowest BCUT2D eigenvalue weighted by Crippen LogP contribution is -2.57. The number of rotatable bonds is 6. The van der Waals surface area contributed by atoms with Crippen molar-refractivity contribution in [3.63, 3.8) is 0 Å². The Labute approximate surface area is 163 Å². The van der Waals surface area contributed by atoms with Crippen LogP contribution in [-0.4, -0.2) is 61.4 Å². The first-order valence-corrected chi connectivity index (χ1v) is 9.51. The van der Waals surface area contributed by atoms with Crippen LogP contribution in [0.15, 0.2) is 30.5 Å². The van der Waals surface area contributed by atoms with E-state index in [2.05, 4.69) is 15.2 Å². The van der Waals surface area contributed by atoms with E-state index < -0.39 is 17.5 Å². The fourth-order valence-corrected chi connectivity index (χ4v) is 3.61. The van der Waals surface area contributed by atoms with Gasteiger partial charge >= 0.3 is 5.97 Å². The smallest absolute Gasteiger partial charge is 0.314 e. The maximum atomic E-state index is 13.0. The minimum absolute atomic E-state index is 0.0208. The summed E-state index contributed by atoms with van der Waals surface area (Å²) in [6, 6.07) is 7.04. The number of likely N-dealkylation sites (tertiary alicyclic amines) is 1. The summed E-state index contributed by atoms with van der Waals surface area (Å²) in [7, 11) is 0. The SMILES string of the molecule is CC(C)CC[C@@]1(C(=O)O)CN(C(=O)c2cc(-c3ccccn3)n[nH]2)CC[C@H]1O. The number of aliphatic hydroxyl groups excluding tert-OH is 1. The summed E-state index contributed by atoms with van der Waals surface area (Å²) in [6.07, 6.45) is 1.90. The molecule has 0 saturated carbocycles. The van der Waals surface area contributed by atoms with Gasteiger partial charge in [-0.3, -0.25) is 19.7 Å². The van der Waals surface area contributed by atoms with Crippen LogP contribution in [-0.2, 0) is 4.79 Å². The molecule has 0 aromatic carbocycles. The zero-order valence-electron chi connectivity index (χ0n) is 16.1. The summed E-state index contributed by atoms with van der Waals surface area (Å²) < 4.78 is 0. The van der Waals surface area contributed by atoms with Gasteiger partial charge in [-0.1, -0.05) is 19.9 Å². The van der Waals surface area contributed by atoms with Gasteiger partial charge in [0.1, 0.15) is 16.8 Å². The zero-order valence-corrected chi connectivity index (χ0v) is 16.1. The molecule has 3 rings (SSSR count). The van der Waals surface area contributed by atoms with Crippen molar-refractivity contribution in [3.8, 4) is 11.4 Å². The number of amides is 1. The Hall–Kier alpha value is -2.74. The molecule has 0 unspecified atom stereocenters. The van der Waals surface area contributed by atoms with Gasteiger partial charge in [-0.05, 0) is 43.4 Å². The molecule has 0 radical (unpaired) electrons. The Morgan fingerprint density at radius 3 is 2.79 bits per heavy atom. The minimum atomic E-state index is -1.35. The van der Waals surface area contributed by atoms with Crippen molar-refractivity contribution >= 4 is 11.9 Å². The second-order valence-electron chi connectivity index (χ2n) is 7.81. The van der Waals surface area contributed by atoms with Gasteiger partial charge in [0.2, 0.25) is 0 Å². The molecular formula is C20H26N4O4. The highest BCUT2D eigenvalue weighted by atomic mass is 16.4. The molecule has 8 heteroatoms. The molecule has 8 nitrogen and oxygen atoms in total. The first kappa shape index (κ1) is 20.0. The predicted octanol–water partition coefficient (Wildman–Crippen LogP) is 2.19. The number of piperidine rings is 1. The van der Waals surface area contributed by atoms with Crippen molar-refractivity contribution in [2.75, 3.05) is 13.1 Å². The highest BCUT2D eigenvalue weighted by molar-refractivity contribution is 5.94. The summed E-state index contributed by atoms with van der Waals surface area (Å²) in [4.78, 5) is 30.7. The number of carboxylic acids is 1. The summed E-state index contributed by atoms with van der Waals surface area (Å²) >= 11 is 0. The zero-order chi connectivity index (χ0) is 20.3. The molecule has 3 heterocycles. The van der Waals surface area contributed by atoms with Crippen LogP contribution < -0.4 is 0 Å². The van der Waals surface area contributed by atoms with Gasteiger partial charge in [0.05, 0.1) is 11.8 Å². The first-order chi connectivity index (χ1) is 13.3. The van der Waals surface area contributed by atoms with Crippen molar-refractivity contribution in [1.29, 1.82) is 0 Å². The Balaban J connectivity index is 1.80. The van der Waals surface area contributed by atoms with Crippen LogP contribution in [0.25, 0.3) is 11.4 Å². The number of carbonyl (C=O) groups excluding carboxylic acids is 1. The normalized spacial score (nSPS) is 22.4. The third-order valence-electron chi connectivity index (χ3n) is 5.40. The minimum Gasteiger partial charge on any atom is -0.481 e. The number of aliphatic carboxylic acids is 1. The number of hydrogen-bond donors (Lipinski definition) is 3. The highest BCUT2D eigenvalue weighted by Crippen LogP contribution is 2.37. The lowest BCUT2D eigenvalue weighted by atomic mass is 9.72. The monoisotopic (exact) mass is 386 g/mol. The maximum absolute atomic E-state index is 13.0. The van der Waals surface area contributed by atoms with Gasteiger partial charge in [0.15, 0.2) is 0 Å². The van der Waals surface area contributed by atoms with Gasteiger partial charge in [0, 0.05) is 19.3 Å². The molecule has 1 fully saturated rings. The molecule has 1 saturated heterocycles. The molecule has 1 aliphatic heterocycles. The van der Waals surface area contributed by atoms with Crippen LogP contribution >= 0.6 is 0 Å². The number of aromatic nitrogens is 3. The molecule has 0 bridgehead atoms. The number of H-pyrrole nitrogens is 1.